The molecule has 0 unspecified atom stereocenters. The number of aromatic nitrogens is 1. The highest BCUT2D eigenvalue weighted by molar-refractivity contribution is 7.88. The maximum Gasteiger partial charge on any atom is 0.223 e. The molecule has 0 aromatic carbocycles. The molecule has 1 aromatic rings. The quantitative estimate of drug-likeness (QED) is 0.788. The van der Waals surface area contributed by atoms with Gasteiger partial charge in [-0.05, 0) is 38.0 Å². The summed E-state index contributed by atoms with van der Waals surface area (Å²) in [5.74, 6) is 1.74. The third kappa shape index (κ3) is 4.05. The molecule has 27 heavy (non-hydrogen) atoms. The van der Waals surface area contributed by atoms with Crippen LogP contribution in [-0.4, -0.2) is 67.3 Å². The van der Waals surface area contributed by atoms with Gasteiger partial charge in [-0.15, -0.1) is 0 Å². The van der Waals surface area contributed by atoms with Gasteiger partial charge in [-0.2, -0.15) is 0 Å². The Kier molecular flexibility index (Phi) is 5.02. The summed E-state index contributed by atoms with van der Waals surface area (Å²) in [7, 11) is -3.29. The van der Waals surface area contributed by atoms with Gasteiger partial charge in [0.15, 0.2) is 5.76 Å². The lowest BCUT2D eigenvalue weighted by atomic mass is 9.72. The Morgan fingerprint density at radius 3 is 2.81 bits per heavy atom. The lowest BCUT2D eigenvalue weighted by Gasteiger charge is -2.56. The number of nitrogens with one attached hydrogen (secondary N) is 1. The van der Waals surface area contributed by atoms with E-state index in [2.05, 4.69) is 14.8 Å². The van der Waals surface area contributed by atoms with Crippen LogP contribution in [0.25, 0.3) is 0 Å². The smallest absolute Gasteiger partial charge is 0.223 e. The minimum Gasteiger partial charge on any atom is -0.360 e. The Morgan fingerprint density at radius 1 is 1.33 bits per heavy atom. The molecule has 1 amide bonds. The summed E-state index contributed by atoms with van der Waals surface area (Å²) in [6.45, 7) is 4.70. The van der Waals surface area contributed by atoms with Crippen molar-refractivity contribution in [2.45, 2.75) is 51.2 Å². The summed E-state index contributed by atoms with van der Waals surface area (Å²) in [4.78, 5) is 17.1. The van der Waals surface area contributed by atoms with E-state index in [0.717, 1.165) is 43.8 Å². The number of likely N-dealkylation sites (tertiary alicyclic amines) is 1. The van der Waals surface area contributed by atoms with Gasteiger partial charge in [0.1, 0.15) is 0 Å². The molecule has 1 aromatic heterocycles. The van der Waals surface area contributed by atoms with Gasteiger partial charge >= 0.3 is 0 Å². The van der Waals surface area contributed by atoms with E-state index < -0.39 is 10.0 Å². The monoisotopic (exact) mass is 396 g/mol. The van der Waals surface area contributed by atoms with Gasteiger partial charge in [0, 0.05) is 44.2 Å². The fourth-order valence-corrected chi connectivity index (χ4v) is 5.69. The van der Waals surface area contributed by atoms with Crippen LogP contribution in [0.2, 0.25) is 0 Å². The van der Waals surface area contributed by atoms with Crippen LogP contribution in [-0.2, 0) is 21.4 Å². The second-order valence-corrected chi connectivity index (χ2v) is 10.2. The lowest BCUT2D eigenvalue weighted by molar-refractivity contribution is -0.152. The minimum atomic E-state index is -3.29. The van der Waals surface area contributed by atoms with Crippen molar-refractivity contribution in [2.75, 3.05) is 25.9 Å². The van der Waals surface area contributed by atoms with Crippen molar-refractivity contribution >= 4 is 15.9 Å². The van der Waals surface area contributed by atoms with Gasteiger partial charge in [-0.1, -0.05) is 5.16 Å². The number of carbonyl (C=O) groups excluding carboxylic acids is 1. The lowest BCUT2D eigenvalue weighted by Crippen LogP contribution is -2.66. The molecule has 3 aliphatic heterocycles. The Morgan fingerprint density at radius 2 is 2.11 bits per heavy atom. The third-order valence-corrected chi connectivity index (χ3v) is 6.87. The predicted octanol–water partition coefficient (Wildman–Crippen LogP) is 0.734. The number of hydrogen-bond donors (Lipinski definition) is 1. The van der Waals surface area contributed by atoms with Gasteiger partial charge in [0.05, 0.1) is 18.5 Å². The van der Waals surface area contributed by atoms with Crippen LogP contribution >= 0.6 is 0 Å². The Balaban J connectivity index is 1.55. The summed E-state index contributed by atoms with van der Waals surface area (Å²) in [5.41, 5.74) is 0.876. The molecule has 3 saturated heterocycles. The predicted molar refractivity (Wildman–Crippen MR) is 99.2 cm³/mol. The van der Waals surface area contributed by atoms with Crippen molar-refractivity contribution in [1.29, 1.82) is 0 Å². The molecule has 3 fully saturated rings. The molecule has 150 valence electrons. The van der Waals surface area contributed by atoms with E-state index in [-0.39, 0.29) is 23.9 Å². The van der Waals surface area contributed by atoms with Gasteiger partial charge < -0.3 is 9.42 Å². The van der Waals surface area contributed by atoms with E-state index in [0.29, 0.717) is 25.4 Å². The normalized spacial score (nSPS) is 31.8. The number of aryl methyl sites for hydroxylation is 1. The van der Waals surface area contributed by atoms with Crippen molar-refractivity contribution in [3.63, 3.8) is 0 Å². The van der Waals surface area contributed by atoms with Gasteiger partial charge in [0.25, 0.3) is 0 Å². The second kappa shape index (κ2) is 7.18. The molecule has 4 atom stereocenters. The number of piperidine rings is 3. The maximum atomic E-state index is 12.7. The van der Waals surface area contributed by atoms with E-state index in [4.69, 9.17) is 4.52 Å². The molecule has 4 heterocycles. The fourth-order valence-electron chi connectivity index (χ4n) is 5.21. The topological polar surface area (TPSA) is 95.8 Å². The molecule has 0 aliphatic carbocycles. The SMILES string of the molecule is Cc1cc(CN2C[C@H]3C[C@@H](C2)[C@H](CNS(C)(=O)=O)N2C(=O)CCC[C@@H]32)on1. The summed E-state index contributed by atoms with van der Waals surface area (Å²) >= 11 is 0. The largest absolute Gasteiger partial charge is 0.360 e. The second-order valence-electron chi connectivity index (χ2n) is 8.33. The highest BCUT2D eigenvalue weighted by Crippen LogP contribution is 2.41. The number of rotatable bonds is 5. The first-order valence-corrected chi connectivity index (χ1v) is 11.6. The molecule has 2 bridgehead atoms. The van der Waals surface area contributed by atoms with Crippen LogP contribution in [0.15, 0.2) is 10.6 Å². The van der Waals surface area contributed by atoms with Crippen LogP contribution < -0.4 is 4.72 Å². The molecule has 0 spiro atoms. The zero-order chi connectivity index (χ0) is 19.2. The van der Waals surface area contributed by atoms with E-state index in [1.807, 2.05) is 17.9 Å². The van der Waals surface area contributed by atoms with Crippen molar-refractivity contribution in [2.24, 2.45) is 11.8 Å². The van der Waals surface area contributed by atoms with E-state index in [9.17, 15) is 13.2 Å². The van der Waals surface area contributed by atoms with Gasteiger partial charge in [0.2, 0.25) is 15.9 Å². The fraction of sp³-hybridized carbons (Fsp3) is 0.778. The van der Waals surface area contributed by atoms with E-state index in [1.165, 1.54) is 6.26 Å². The molecular weight excluding hydrogens is 368 g/mol. The zero-order valence-corrected chi connectivity index (χ0v) is 16.7. The number of sulfonamides is 1. The Hall–Kier alpha value is -1.45. The summed E-state index contributed by atoms with van der Waals surface area (Å²) in [6.07, 6.45) is 4.73. The first-order chi connectivity index (χ1) is 12.8. The third-order valence-electron chi connectivity index (χ3n) is 6.18. The molecule has 8 nitrogen and oxygen atoms in total. The Bertz CT molecular complexity index is 808. The number of hydrogen-bond acceptors (Lipinski definition) is 6. The number of fused-ring (bicyclic) bond motifs is 4. The number of nitrogens with zero attached hydrogens (tertiary/aromatic N) is 3. The minimum absolute atomic E-state index is 0.0759. The Labute approximate surface area is 160 Å². The van der Waals surface area contributed by atoms with E-state index >= 15 is 0 Å². The highest BCUT2D eigenvalue weighted by atomic mass is 32.2. The van der Waals surface area contributed by atoms with Gasteiger partial charge in [-0.25, -0.2) is 13.1 Å². The standard InChI is InChI=1S/C18H28N4O4S/c1-12-6-15(26-20-12)11-21-9-13-7-14(10-21)17(8-19-27(2,24)25)22-16(13)4-3-5-18(22)23/h6,13-14,16-17,19H,3-5,7-11H2,1-2H3/t13-,14+,16+,17+/m1/s1. The van der Waals surface area contributed by atoms with Gasteiger partial charge in [-0.3, -0.25) is 9.69 Å². The molecular formula is C18H28N4O4S. The molecule has 3 aliphatic rings. The molecule has 0 saturated carbocycles. The van der Waals surface area contributed by atoms with Crippen LogP contribution in [0.4, 0.5) is 0 Å². The first-order valence-electron chi connectivity index (χ1n) is 9.70. The first kappa shape index (κ1) is 18.9. The van der Waals surface area contributed by atoms with E-state index in [1.54, 1.807) is 0 Å². The zero-order valence-electron chi connectivity index (χ0n) is 15.9. The van der Waals surface area contributed by atoms with Crippen molar-refractivity contribution in [3.05, 3.63) is 17.5 Å². The summed E-state index contributed by atoms with van der Waals surface area (Å²) < 4.78 is 31.3. The summed E-state index contributed by atoms with van der Waals surface area (Å²) in [6, 6.07) is 2.10. The van der Waals surface area contributed by atoms with Crippen LogP contribution in [0.1, 0.15) is 37.1 Å². The average Bonchev–Trinajstić information content (AvgIpc) is 2.99. The molecule has 0 radical (unpaired) electrons. The highest BCUT2D eigenvalue weighted by Gasteiger charge is 2.49. The van der Waals surface area contributed by atoms with Crippen molar-refractivity contribution in [1.82, 2.24) is 19.7 Å². The van der Waals surface area contributed by atoms with Crippen LogP contribution in [0.3, 0.4) is 0 Å². The maximum absolute atomic E-state index is 12.7. The number of amides is 1. The average molecular weight is 397 g/mol. The van der Waals surface area contributed by atoms with Crippen LogP contribution in [0.5, 0.6) is 0 Å². The van der Waals surface area contributed by atoms with Crippen molar-refractivity contribution in [3.8, 4) is 0 Å². The molecule has 9 heteroatoms. The summed E-state index contributed by atoms with van der Waals surface area (Å²) in [5, 5.41) is 3.97. The van der Waals surface area contributed by atoms with Crippen molar-refractivity contribution < 1.29 is 17.7 Å². The molecule has 4 rings (SSSR count). The number of carbonyl (C=O) groups is 1. The van der Waals surface area contributed by atoms with Crippen LogP contribution in [0, 0.1) is 18.8 Å². The molecule has 1 N–H and O–H groups in total.